The molecule has 20 heavy (non-hydrogen) atoms. The van der Waals surface area contributed by atoms with Gasteiger partial charge in [-0.15, -0.1) is 0 Å². The molecule has 0 bridgehead atoms. The highest BCUT2D eigenvalue weighted by Gasteiger charge is 2.31. The fraction of sp³-hybridized carbons (Fsp3) is 0.462. The van der Waals surface area contributed by atoms with Crippen LogP contribution in [0, 0.1) is 0 Å². The molecule has 110 valence electrons. The first-order chi connectivity index (χ1) is 9.38. The summed E-state index contributed by atoms with van der Waals surface area (Å²) in [7, 11) is 2.09. The minimum atomic E-state index is -1.96. The third kappa shape index (κ3) is 3.92. The minimum Gasteiger partial charge on any atom is -0.367 e. The van der Waals surface area contributed by atoms with Crippen LogP contribution in [0.5, 0.6) is 0 Å². The van der Waals surface area contributed by atoms with Gasteiger partial charge >= 0.3 is 0 Å². The maximum Gasteiger partial charge on any atom is 0.276 e. The lowest BCUT2D eigenvalue weighted by Gasteiger charge is -2.35. The second-order valence-corrected chi connectivity index (χ2v) is 7.04. The lowest BCUT2D eigenvalue weighted by atomic mass is 10.2. The quantitative estimate of drug-likeness (QED) is 0.844. The van der Waals surface area contributed by atoms with Crippen LogP contribution in [0.3, 0.4) is 0 Å². The molecule has 0 spiro atoms. The molecule has 0 atom stereocenters. The number of para-hydroxylation sites is 2. The Morgan fingerprint density at radius 1 is 1.15 bits per heavy atom. The average molecular weight is 337 g/mol. The summed E-state index contributed by atoms with van der Waals surface area (Å²) in [5, 5.41) is 2.67. The maximum absolute atomic E-state index is 11.8. The van der Waals surface area contributed by atoms with E-state index < -0.39 is 9.70 Å². The molecule has 1 aliphatic rings. The van der Waals surface area contributed by atoms with Crippen LogP contribution >= 0.6 is 34.8 Å². The van der Waals surface area contributed by atoms with E-state index in [2.05, 4.69) is 22.2 Å². The summed E-state index contributed by atoms with van der Waals surface area (Å²) in [6.45, 7) is 3.76. The van der Waals surface area contributed by atoms with E-state index in [1.54, 1.807) is 0 Å². The second kappa shape index (κ2) is 6.39. The van der Waals surface area contributed by atoms with Crippen LogP contribution in [0.2, 0.25) is 0 Å². The number of anilines is 2. The zero-order valence-electron chi connectivity index (χ0n) is 11.1. The lowest BCUT2D eigenvalue weighted by Crippen LogP contribution is -2.44. The molecule has 1 aliphatic heterocycles. The van der Waals surface area contributed by atoms with Gasteiger partial charge in [-0.2, -0.15) is 0 Å². The van der Waals surface area contributed by atoms with Crippen LogP contribution in [-0.2, 0) is 4.79 Å². The molecule has 2 rings (SSSR count). The van der Waals surface area contributed by atoms with E-state index in [1.807, 2.05) is 24.3 Å². The molecule has 1 aromatic carbocycles. The van der Waals surface area contributed by atoms with Crippen LogP contribution in [0.1, 0.15) is 0 Å². The van der Waals surface area contributed by atoms with Crippen molar-refractivity contribution in [3.05, 3.63) is 24.3 Å². The summed E-state index contributed by atoms with van der Waals surface area (Å²) in [6.07, 6.45) is 0. The number of benzene rings is 1. The highest BCUT2D eigenvalue weighted by molar-refractivity contribution is 6.76. The Balaban J connectivity index is 2.16. The van der Waals surface area contributed by atoms with Crippen LogP contribution in [0.15, 0.2) is 24.3 Å². The number of halogens is 3. The predicted molar refractivity (Wildman–Crippen MR) is 85.1 cm³/mol. The van der Waals surface area contributed by atoms with Crippen molar-refractivity contribution in [2.75, 3.05) is 43.4 Å². The predicted octanol–water partition coefficient (Wildman–Crippen LogP) is 2.75. The Morgan fingerprint density at radius 3 is 2.35 bits per heavy atom. The molecule has 0 aromatic heterocycles. The molecule has 1 amide bonds. The number of rotatable bonds is 2. The van der Waals surface area contributed by atoms with Gasteiger partial charge in [0.25, 0.3) is 9.70 Å². The monoisotopic (exact) mass is 335 g/mol. The molecular weight excluding hydrogens is 321 g/mol. The summed E-state index contributed by atoms with van der Waals surface area (Å²) in [5.74, 6) is -0.649. The highest BCUT2D eigenvalue weighted by Crippen LogP contribution is 2.31. The fourth-order valence-corrected chi connectivity index (χ4v) is 2.24. The van der Waals surface area contributed by atoms with Gasteiger partial charge in [-0.1, -0.05) is 46.9 Å². The Bertz CT molecular complexity index is 482. The van der Waals surface area contributed by atoms with Crippen LogP contribution in [0.4, 0.5) is 11.4 Å². The van der Waals surface area contributed by atoms with Crippen LogP contribution in [-0.4, -0.2) is 47.8 Å². The molecule has 0 unspecified atom stereocenters. The Morgan fingerprint density at radius 2 is 1.75 bits per heavy atom. The minimum absolute atomic E-state index is 0.649. The van der Waals surface area contributed by atoms with Crippen molar-refractivity contribution in [3.8, 4) is 0 Å². The Hall–Kier alpha value is -0.680. The molecular formula is C13H16Cl3N3O. The van der Waals surface area contributed by atoms with Gasteiger partial charge in [0.2, 0.25) is 0 Å². The maximum atomic E-state index is 11.8. The summed E-state index contributed by atoms with van der Waals surface area (Å²) < 4.78 is -1.96. The van der Waals surface area contributed by atoms with Crippen LogP contribution in [0.25, 0.3) is 0 Å². The summed E-state index contributed by atoms with van der Waals surface area (Å²) >= 11 is 16.8. The normalized spacial score (nSPS) is 17.1. The smallest absolute Gasteiger partial charge is 0.276 e. The molecule has 0 radical (unpaired) electrons. The van der Waals surface area contributed by atoms with Gasteiger partial charge in [-0.25, -0.2) is 0 Å². The number of nitrogens with zero attached hydrogens (tertiary/aromatic N) is 2. The van der Waals surface area contributed by atoms with Crippen molar-refractivity contribution in [1.82, 2.24) is 4.90 Å². The van der Waals surface area contributed by atoms with Crippen LogP contribution < -0.4 is 10.2 Å². The van der Waals surface area contributed by atoms with Crippen molar-refractivity contribution in [2.45, 2.75) is 3.79 Å². The van der Waals surface area contributed by atoms with Gasteiger partial charge in [0.15, 0.2) is 0 Å². The molecule has 1 aromatic rings. The number of piperazine rings is 1. The second-order valence-electron chi connectivity index (χ2n) is 4.76. The zero-order valence-corrected chi connectivity index (χ0v) is 13.3. The molecule has 1 heterocycles. The Kier molecular flexibility index (Phi) is 5.02. The van der Waals surface area contributed by atoms with Crippen molar-refractivity contribution >= 4 is 52.1 Å². The zero-order chi connectivity index (χ0) is 14.8. The topological polar surface area (TPSA) is 35.6 Å². The first-order valence-corrected chi connectivity index (χ1v) is 7.42. The van der Waals surface area contributed by atoms with Gasteiger partial charge in [0.05, 0.1) is 11.4 Å². The third-order valence-corrected chi connectivity index (χ3v) is 3.77. The SMILES string of the molecule is CN1CCN(c2ccccc2NC(=O)C(Cl)(Cl)Cl)CC1. The molecule has 0 aliphatic carbocycles. The van der Waals surface area contributed by atoms with Gasteiger partial charge in [-0.3, -0.25) is 4.79 Å². The largest absolute Gasteiger partial charge is 0.367 e. The molecule has 7 heteroatoms. The first-order valence-electron chi connectivity index (χ1n) is 6.28. The summed E-state index contributed by atoms with van der Waals surface area (Å²) in [6, 6.07) is 7.54. The summed E-state index contributed by atoms with van der Waals surface area (Å²) in [4.78, 5) is 16.3. The molecule has 4 nitrogen and oxygen atoms in total. The van der Waals surface area contributed by atoms with Crippen molar-refractivity contribution < 1.29 is 4.79 Å². The number of carbonyl (C=O) groups is 1. The number of alkyl halides is 3. The number of hydrogen-bond donors (Lipinski definition) is 1. The van der Waals surface area contributed by atoms with Crippen molar-refractivity contribution in [2.24, 2.45) is 0 Å². The van der Waals surface area contributed by atoms with Crippen molar-refractivity contribution in [1.29, 1.82) is 0 Å². The number of amides is 1. The van der Waals surface area contributed by atoms with E-state index >= 15 is 0 Å². The molecule has 1 saturated heterocycles. The van der Waals surface area contributed by atoms with E-state index in [0.717, 1.165) is 31.9 Å². The van der Waals surface area contributed by atoms with E-state index in [0.29, 0.717) is 5.69 Å². The summed E-state index contributed by atoms with van der Waals surface area (Å²) in [5.41, 5.74) is 1.61. The Labute approximate surface area is 133 Å². The number of likely N-dealkylation sites (N-methyl/N-ethyl adjacent to an activating group) is 1. The number of nitrogens with one attached hydrogen (secondary N) is 1. The fourth-order valence-electron chi connectivity index (χ4n) is 2.10. The first kappa shape index (κ1) is 15.7. The van der Waals surface area contributed by atoms with E-state index in [9.17, 15) is 4.79 Å². The van der Waals surface area contributed by atoms with Gasteiger partial charge in [0.1, 0.15) is 0 Å². The van der Waals surface area contributed by atoms with Gasteiger partial charge in [0, 0.05) is 26.2 Å². The van der Waals surface area contributed by atoms with Crippen molar-refractivity contribution in [3.63, 3.8) is 0 Å². The van der Waals surface area contributed by atoms with Gasteiger partial charge in [-0.05, 0) is 19.2 Å². The van der Waals surface area contributed by atoms with E-state index in [4.69, 9.17) is 34.8 Å². The molecule has 1 N–H and O–H groups in total. The lowest BCUT2D eigenvalue weighted by molar-refractivity contribution is -0.115. The molecule has 1 fully saturated rings. The molecule has 0 saturated carbocycles. The van der Waals surface area contributed by atoms with Gasteiger partial charge < -0.3 is 15.1 Å². The van der Waals surface area contributed by atoms with E-state index in [-0.39, 0.29) is 0 Å². The standard InChI is InChI=1S/C13H16Cl3N3O/c1-18-6-8-19(9-7-18)11-5-3-2-4-10(11)17-12(20)13(14,15)16/h2-5H,6-9H2,1H3,(H,17,20). The number of hydrogen-bond acceptors (Lipinski definition) is 3. The third-order valence-electron chi connectivity index (χ3n) is 3.25. The highest BCUT2D eigenvalue weighted by atomic mass is 35.6. The average Bonchev–Trinajstić information content (AvgIpc) is 2.39. The van der Waals surface area contributed by atoms with E-state index in [1.165, 1.54) is 0 Å². The number of carbonyl (C=O) groups excluding carboxylic acids is 1.